The number of aryl methyl sites for hydroxylation is 1. The van der Waals surface area contributed by atoms with E-state index in [1.807, 2.05) is 39.0 Å². The van der Waals surface area contributed by atoms with E-state index in [2.05, 4.69) is 15.5 Å². The van der Waals surface area contributed by atoms with E-state index in [9.17, 15) is 14.4 Å². The first-order valence-electron chi connectivity index (χ1n) is 11.6. The van der Waals surface area contributed by atoms with Gasteiger partial charge in [0.2, 0.25) is 5.91 Å². The van der Waals surface area contributed by atoms with Crippen molar-refractivity contribution in [1.82, 2.24) is 14.8 Å². The van der Waals surface area contributed by atoms with Gasteiger partial charge in [0, 0.05) is 7.05 Å². The number of thiophene rings is 1. The first kappa shape index (κ1) is 28.2. The summed E-state index contributed by atoms with van der Waals surface area (Å²) in [7, 11) is 1.81. The molecule has 3 N–H and O–H groups in total. The van der Waals surface area contributed by atoms with E-state index in [0.717, 1.165) is 28.2 Å². The normalized spacial score (nSPS) is 11.9. The molecule has 3 aromatic rings. The summed E-state index contributed by atoms with van der Waals surface area (Å²) in [6, 6.07) is 5.88. The van der Waals surface area contributed by atoms with Crippen LogP contribution < -0.4 is 15.8 Å². The molecule has 1 atom stereocenters. The highest BCUT2D eigenvalue weighted by molar-refractivity contribution is 7.99. The lowest BCUT2D eigenvalue weighted by Crippen LogP contribution is -2.18. The molecule has 2 heterocycles. The molecule has 0 fully saturated rings. The highest BCUT2D eigenvalue weighted by Gasteiger charge is 2.27. The summed E-state index contributed by atoms with van der Waals surface area (Å²) in [5, 5.41) is 11.9. The first-order valence-corrected chi connectivity index (χ1v) is 13.4. The van der Waals surface area contributed by atoms with Crippen LogP contribution in [0.4, 0.5) is 5.00 Å². The molecule has 0 radical (unpaired) electrons. The van der Waals surface area contributed by atoms with E-state index in [1.165, 1.54) is 11.8 Å². The summed E-state index contributed by atoms with van der Waals surface area (Å²) < 4.78 is 13.2. The van der Waals surface area contributed by atoms with Crippen molar-refractivity contribution in [3.05, 3.63) is 51.2 Å². The van der Waals surface area contributed by atoms with Crippen LogP contribution in [-0.4, -0.2) is 44.4 Å². The van der Waals surface area contributed by atoms with Crippen molar-refractivity contribution in [1.29, 1.82) is 0 Å². The number of hydrogen-bond donors (Lipinski definition) is 2. The molecule has 12 heteroatoms. The zero-order valence-corrected chi connectivity index (χ0v) is 23.5. The number of nitrogens with zero attached hydrogens (tertiary/aromatic N) is 3. The molecule has 0 bridgehead atoms. The highest BCUT2D eigenvalue weighted by Crippen LogP contribution is 2.34. The van der Waals surface area contributed by atoms with E-state index in [1.54, 1.807) is 32.4 Å². The van der Waals surface area contributed by atoms with Gasteiger partial charge in [-0.05, 0) is 64.3 Å². The molecule has 0 saturated heterocycles. The van der Waals surface area contributed by atoms with Crippen molar-refractivity contribution < 1.29 is 23.9 Å². The minimum absolute atomic E-state index is 0.000278. The smallest absolute Gasteiger partial charge is 0.341 e. The molecule has 198 valence electrons. The molecule has 10 nitrogen and oxygen atoms in total. The Morgan fingerprint density at radius 3 is 2.49 bits per heavy atom. The van der Waals surface area contributed by atoms with Crippen LogP contribution >= 0.6 is 23.1 Å². The lowest BCUT2D eigenvalue weighted by Gasteiger charge is -2.16. The first-order chi connectivity index (χ1) is 17.4. The minimum Gasteiger partial charge on any atom is -0.482 e. The lowest BCUT2D eigenvalue weighted by molar-refractivity contribution is -0.113. The van der Waals surface area contributed by atoms with Crippen LogP contribution in [0, 0.1) is 20.8 Å². The molecule has 1 aromatic carbocycles. The van der Waals surface area contributed by atoms with Crippen molar-refractivity contribution in [3.8, 4) is 5.75 Å². The number of carbonyl (C=O) groups is 3. The van der Waals surface area contributed by atoms with E-state index < -0.39 is 11.9 Å². The number of esters is 1. The van der Waals surface area contributed by atoms with Gasteiger partial charge < -0.3 is 25.1 Å². The van der Waals surface area contributed by atoms with Crippen molar-refractivity contribution in [2.45, 2.75) is 58.9 Å². The summed E-state index contributed by atoms with van der Waals surface area (Å²) in [5.74, 6) is -0.306. The number of hydrogen-bond acceptors (Lipinski definition) is 9. The second kappa shape index (κ2) is 11.8. The largest absolute Gasteiger partial charge is 0.482 e. The van der Waals surface area contributed by atoms with E-state index >= 15 is 0 Å². The molecule has 3 rings (SSSR count). The Labute approximate surface area is 223 Å². The van der Waals surface area contributed by atoms with Crippen LogP contribution in [0.2, 0.25) is 0 Å². The van der Waals surface area contributed by atoms with Gasteiger partial charge in [-0.15, -0.1) is 21.5 Å². The maximum atomic E-state index is 12.8. The topological polar surface area (TPSA) is 138 Å². The number of benzene rings is 1. The predicted molar refractivity (Wildman–Crippen MR) is 143 cm³/mol. The van der Waals surface area contributed by atoms with E-state index in [4.69, 9.17) is 15.2 Å². The summed E-state index contributed by atoms with van der Waals surface area (Å²) >= 11 is 2.13. The van der Waals surface area contributed by atoms with Crippen molar-refractivity contribution in [2.24, 2.45) is 12.8 Å². The molecular weight excluding hydrogens is 514 g/mol. The third kappa shape index (κ3) is 6.50. The van der Waals surface area contributed by atoms with Crippen LogP contribution in [-0.2, 0) is 16.6 Å². The third-order valence-electron chi connectivity index (χ3n) is 5.59. The molecule has 2 amide bonds. The molecule has 0 aliphatic rings. The van der Waals surface area contributed by atoms with Crippen molar-refractivity contribution >= 4 is 45.9 Å². The molecule has 1 unspecified atom stereocenters. The number of ether oxygens (including phenoxy) is 2. The van der Waals surface area contributed by atoms with E-state index in [0.29, 0.717) is 16.5 Å². The fourth-order valence-corrected chi connectivity index (χ4v) is 5.33. The second-order valence-electron chi connectivity index (χ2n) is 8.77. The Hall–Kier alpha value is -3.38. The Morgan fingerprint density at radius 2 is 1.84 bits per heavy atom. The number of rotatable bonds is 10. The number of anilines is 1. The summed E-state index contributed by atoms with van der Waals surface area (Å²) in [4.78, 5) is 37.4. The summed E-state index contributed by atoms with van der Waals surface area (Å²) in [6.07, 6.45) is -0.730. The van der Waals surface area contributed by atoms with E-state index in [-0.39, 0.29) is 39.3 Å². The fourth-order valence-electron chi connectivity index (χ4n) is 3.55. The quantitative estimate of drug-likeness (QED) is 0.283. The molecule has 0 aliphatic heterocycles. The number of amides is 2. The van der Waals surface area contributed by atoms with Gasteiger partial charge in [0.05, 0.1) is 22.3 Å². The number of nitrogens with two attached hydrogens (primary N) is 1. The standard InChI is InChI=1S/C25H31N5O5S2/c1-12(2)34-24(33)19-15(5)20(21(26)32)37-23(19)27-18(31)11-36-25-29-28-22(30(25)7)16(6)35-17-10-8-9-13(3)14(17)4/h8-10,12,16H,11H2,1-7H3,(H2,26,32)(H,27,31). The zero-order valence-electron chi connectivity index (χ0n) is 21.9. The molecular formula is C25H31N5O5S2. The average Bonchev–Trinajstić information content (AvgIpc) is 3.34. The molecule has 0 saturated carbocycles. The minimum atomic E-state index is -0.681. The monoisotopic (exact) mass is 545 g/mol. The third-order valence-corrected chi connectivity index (χ3v) is 7.84. The number of primary amides is 1. The summed E-state index contributed by atoms with van der Waals surface area (Å²) in [5.41, 5.74) is 8.14. The maximum Gasteiger partial charge on any atom is 0.341 e. The zero-order chi connectivity index (χ0) is 27.4. The van der Waals surface area contributed by atoms with Crippen LogP contribution in [0.25, 0.3) is 0 Å². The maximum absolute atomic E-state index is 12.8. The van der Waals surface area contributed by atoms with Gasteiger partial charge in [0.25, 0.3) is 5.91 Å². The Balaban J connectivity index is 1.70. The van der Waals surface area contributed by atoms with Crippen LogP contribution in [0.15, 0.2) is 23.4 Å². The molecule has 2 aromatic heterocycles. The average molecular weight is 546 g/mol. The molecule has 0 spiro atoms. The van der Waals surface area contributed by atoms with Gasteiger partial charge in [0.15, 0.2) is 17.1 Å². The SMILES string of the molecule is Cc1cccc(OC(C)c2nnc(SCC(=O)Nc3sc(C(N)=O)c(C)c3C(=O)OC(C)C)n2C)c1C. The fraction of sp³-hybridized carbons (Fsp3) is 0.400. The lowest BCUT2D eigenvalue weighted by atomic mass is 10.1. The summed E-state index contributed by atoms with van der Waals surface area (Å²) in [6.45, 7) is 10.9. The number of aromatic nitrogens is 3. The molecule has 37 heavy (non-hydrogen) atoms. The van der Waals surface area contributed by atoms with Crippen molar-refractivity contribution in [3.63, 3.8) is 0 Å². The van der Waals surface area contributed by atoms with Gasteiger partial charge in [-0.1, -0.05) is 23.9 Å². The van der Waals surface area contributed by atoms with Crippen molar-refractivity contribution in [2.75, 3.05) is 11.1 Å². The van der Waals surface area contributed by atoms with Gasteiger partial charge in [0.1, 0.15) is 10.8 Å². The van der Waals surface area contributed by atoms with Crippen LogP contribution in [0.1, 0.15) is 69.4 Å². The van der Waals surface area contributed by atoms with Crippen LogP contribution in [0.3, 0.4) is 0 Å². The molecule has 0 aliphatic carbocycles. The second-order valence-corrected chi connectivity index (χ2v) is 10.7. The Kier molecular flexibility index (Phi) is 8.98. The van der Waals surface area contributed by atoms with Gasteiger partial charge in [-0.2, -0.15) is 0 Å². The number of carbonyl (C=O) groups excluding carboxylic acids is 3. The predicted octanol–water partition coefficient (Wildman–Crippen LogP) is 4.34. The van der Waals surface area contributed by atoms with Gasteiger partial charge in [-0.25, -0.2) is 4.79 Å². The number of nitrogens with one attached hydrogen (secondary N) is 1. The van der Waals surface area contributed by atoms with Crippen LogP contribution in [0.5, 0.6) is 5.75 Å². The van der Waals surface area contributed by atoms with Gasteiger partial charge in [-0.3, -0.25) is 9.59 Å². The Bertz CT molecular complexity index is 1330. The number of thioether (sulfide) groups is 1. The van der Waals surface area contributed by atoms with Gasteiger partial charge >= 0.3 is 5.97 Å². The highest BCUT2D eigenvalue weighted by atomic mass is 32.2. The Morgan fingerprint density at radius 1 is 1.14 bits per heavy atom.